The summed E-state index contributed by atoms with van der Waals surface area (Å²) in [6.45, 7) is 10.0. The van der Waals surface area contributed by atoms with E-state index < -0.39 is 20.0 Å². The summed E-state index contributed by atoms with van der Waals surface area (Å²) in [6, 6.07) is 31.1. The Labute approximate surface area is 532 Å². The first-order chi connectivity index (χ1) is 44.0. The topological polar surface area (TPSA) is 246 Å². The molecule has 6 aliphatic rings. The van der Waals surface area contributed by atoms with E-state index in [0.717, 1.165) is 32.4 Å². The predicted molar refractivity (Wildman–Crippen MR) is 343 cm³/mol. The van der Waals surface area contributed by atoms with Gasteiger partial charge in [-0.05, 0) is 165 Å². The van der Waals surface area contributed by atoms with Crippen LogP contribution >= 0.6 is 0 Å². The summed E-state index contributed by atoms with van der Waals surface area (Å²) in [4.78, 5) is 29.9. The molecule has 2 heterocycles. The molecular formula is C67H94N8O13S2. The minimum Gasteiger partial charge on any atom is -0.484 e. The van der Waals surface area contributed by atoms with Crippen LogP contribution in [0.15, 0.2) is 118 Å². The van der Waals surface area contributed by atoms with Crippen LogP contribution in [-0.4, -0.2) is 189 Å². The summed E-state index contributed by atoms with van der Waals surface area (Å²) >= 11 is 0. The molecule has 21 nitrogen and oxygen atoms in total. The Balaban J connectivity index is 0.460. The van der Waals surface area contributed by atoms with E-state index in [-0.39, 0.29) is 65.7 Å². The zero-order chi connectivity index (χ0) is 62.4. The lowest BCUT2D eigenvalue weighted by Gasteiger charge is -2.46. The fraction of sp³-hybridized carbons (Fsp3) is 0.582. The average molecular weight is 1280 g/mol. The number of urea groups is 2. The average Bonchev–Trinajstić information content (AvgIpc) is 1.48. The van der Waals surface area contributed by atoms with Gasteiger partial charge in [-0.3, -0.25) is 4.90 Å². The summed E-state index contributed by atoms with van der Waals surface area (Å²) in [5.74, 6) is 1.74. The number of nitrogens with zero attached hydrogens (tertiary/aromatic N) is 2. The van der Waals surface area contributed by atoms with E-state index in [9.17, 15) is 26.4 Å². The number of hydrogen-bond acceptors (Lipinski definition) is 15. The first kappa shape index (κ1) is 67.2. The first-order valence-electron chi connectivity index (χ1n) is 32.7. The molecule has 3 fully saturated rings. The van der Waals surface area contributed by atoms with Crippen LogP contribution in [0.25, 0.3) is 0 Å². The zero-order valence-corrected chi connectivity index (χ0v) is 53.7. The molecule has 1 saturated carbocycles. The molecule has 5 atom stereocenters. The van der Waals surface area contributed by atoms with Crippen LogP contribution in [0.4, 0.5) is 9.59 Å². The van der Waals surface area contributed by atoms with Crippen LogP contribution in [0.5, 0.6) is 5.75 Å². The molecule has 492 valence electrons. The molecule has 0 unspecified atom stereocenters. The largest absolute Gasteiger partial charge is 0.484 e. The van der Waals surface area contributed by atoms with Crippen LogP contribution in [-0.2, 0) is 67.7 Å². The van der Waals surface area contributed by atoms with Crippen LogP contribution in [0, 0.1) is 11.3 Å². The summed E-state index contributed by atoms with van der Waals surface area (Å²) in [5, 5.41) is 11.1. The second kappa shape index (κ2) is 33.7. The number of amides is 4. The third-order valence-electron chi connectivity index (χ3n) is 18.3. The normalized spacial score (nSPS) is 21.1. The Morgan fingerprint density at radius 3 is 1.52 bits per heavy atom. The number of rotatable bonds is 39. The minimum absolute atomic E-state index is 0.105. The molecule has 0 bridgehead atoms. The summed E-state index contributed by atoms with van der Waals surface area (Å²) in [6.07, 6.45) is 13.0. The Hall–Kier alpha value is -5.70. The number of unbranched alkanes of at least 4 members (excludes halogenated alkanes) is 1. The number of benzene rings is 4. The van der Waals surface area contributed by atoms with Gasteiger partial charge < -0.3 is 59.3 Å². The maximum absolute atomic E-state index is 13.1. The lowest BCUT2D eigenvalue weighted by molar-refractivity contribution is 0.0165. The molecule has 4 amide bonds. The maximum Gasteiger partial charge on any atom is 0.314 e. The molecule has 4 aromatic carbocycles. The van der Waals surface area contributed by atoms with Crippen molar-refractivity contribution < 1.29 is 59.6 Å². The highest BCUT2D eigenvalue weighted by Crippen LogP contribution is 2.80. The van der Waals surface area contributed by atoms with Crippen molar-refractivity contribution in [3.8, 4) is 5.75 Å². The molecule has 4 aliphatic carbocycles. The van der Waals surface area contributed by atoms with Crippen molar-refractivity contribution in [1.82, 2.24) is 40.5 Å². The van der Waals surface area contributed by atoms with E-state index in [0.29, 0.717) is 123 Å². The number of hydrogen-bond donors (Lipinski definition) is 6. The number of sulfonamides is 2. The lowest BCUT2D eigenvalue weighted by Crippen LogP contribution is -2.43. The Morgan fingerprint density at radius 2 is 0.967 bits per heavy atom. The van der Waals surface area contributed by atoms with Crippen molar-refractivity contribution in [3.63, 3.8) is 0 Å². The standard InChI is InChI=1S/C67H94N8O13S2/c76-65(70-27-35-82-39-43-86-45-41-84-37-29-72-89(78,79)55-21-17-51(18-22-55)47-60-63-57-15-5-3-13-52(57)48-59-62(50-67(59,60)63)75-33-11-2-12-34-75)68-25-7-8-26-69-66(77)71-28-36-83-40-44-87-46-42-85-38-30-73-90(80,81)56-23-19-54(20-24-56)88-64-58-16-6-4-14-53(58)49-61(64)74-31-9-1-10-32-74/h3-6,13-24,60-61,63-64,72-73H,1-2,7-12,25-50H2,(H2,68,70,76)(H2,69,71,77)/t60-,61-,63+,64-,67-/m0/s1. The van der Waals surface area contributed by atoms with Gasteiger partial charge in [-0.15, -0.1) is 0 Å². The van der Waals surface area contributed by atoms with Gasteiger partial charge in [0.1, 0.15) is 11.9 Å². The van der Waals surface area contributed by atoms with E-state index in [2.05, 4.69) is 89.0 Å². The van der Waals surface area contributed by atoms with E-state index >= 15 is 0 Å². The van der Waals surface area contributed by atoms with Gasteiger partial charge in [-0.2, -0.15) is 0 Å². The highest BCUT2D eigenvalue weighted by atomic mass is 32.2. The Kier molecular flexibility index (Phi) is 25.2. The molecule has 90 heavy (non-hydrogen) atoms. The fourth-order valence-corrected chi connectivity index (χ4v) is 15.7. The van der Waals surface area contributed by atoms with Crippen LogP contribution < -0.4 is 35.4 Å². The van der Waals surface area contributed by atoms with E-state index in [1.165, 1.54) is 85.9 Å². The molecule has 10 rings (SSSR count). The number of piperidine rings is 2. The monoisotopic (exact) mass is 1280 g/mol. The molecule has 0 aromatic heterocycles. The summed E-state index contributed by atoms with van der Waals surface area (Å²) in [7, 11) is -7.41. The number of likely N-dealkylation sites (tertiary alicyclic amines) is 2. The lowest BCUT2D eigenvalue weighted by atomic mass is 9.67. The van der Waals surface area contributed by atoms with Gasteiger partial charge in [-0.1, -0.05) is 67.1 Å². The van der Waals surface area contributed by atoms with Crippen molar-refractivity contribution in [2.45, 2.75) is 105 Å². The Morgan fingerprint density at radius 1 is 0.500 bits per heavy atom. The second-order valence-corrected chi connectivity index (χ2v) is 27.7. The van der Waals surface area contributed by atoms with E-state index in [4.69, 9.17) is 33.2 Å². The highest BCUT2D eigenvalue weighted by Gasteiger charge is 2.72. The van der Waals surface area contributed by atoms with Crippen molar-refractivity contribution in [2.75, 3.05) is 145 Å². The van der Waals surface area contributed by atoms with Gasteiger partial charge in [0.05, 0.1) is 95.1 Å². The smallest absolute Gasteiger partial charge is 0.314 e. The van der Waals surface area contributed by atoms with Crippen molar-refractivity contribution >= 4 is 32.1 Å². The van der Waals surface area contributed by atoms with Crippen LogP contribution in [0.1, 0.15) is 97.6 Å². The van der Waals surface area contributed by atoms with E-state index in [1.807, 2.05) is 12.1 Å². The molecule has 2 saturated heterocycles. The first-order valence-corrected chi connectivity index (χ1v) is 35.7. The molecule has 2 aliphatic heterocycles. The van der Waals surface area contributed by atoms with Gasteiger partial charge >= 0.3 is 12.1 Å². The third-order valence-corrected chi connectivity index (χ3v) is 21.2. The van der Waals surface area contributed by atoms with Gasteiger partial charge in [-0.25, -0.2) is 35.9 Å². The third kappa shape index (κ3) is 18.3. The van der Waals surface area contributed by atoms with Gasteiger partial charge in [0.2, 0.25) is 20.0 Å². The molecule has 6 N–H and O–H groups in total. The maximum atomic E-state index is 13.1. The van der Waals surface area contributed by atoms with Gasteiger partial charge in [0.15, 0.2) is 0 Å². The quantitative estimate of drug-likeness (QED) is 0.0258. The fourth-order valence-electron chi connectivity index (χ4n) is 13.7. The number of carbonyl (C=O) groups is 2. The van der Waals surface area contributed by atoms with Crippen LogP contribution in [0.2, 0.25) is 0 Å². The van der Waals surface area contributed by atoms with Crippen molar-refractivity contribution in [1.29, 1.82) is 0 Å². The Bertz CT molecular complexity index is 3180. The number of ether oxygens (including phenoxy) is 7. The van der Waals surface area contributed by atoms with Gasteiger partial charge in [0, 0.05) is 63.5 Å². The summed E-state index contributed by atoms with van der Waals surface area (Å²) in [5.41, 5.74) is 10.3. The van der Waals surface area contributed by atoms with Crippen molar-refractivity contribution in [3.05, 3.63) is 136 Å². The van der Waals surface area contributed by atoms with E-state index in [1.54, 1.807) is 47.7 Å². The van der Waals surface area contributed by atoms with Gasteiger partial charge in [0.25, 0.3) is 0 Å². The molecule has 0 radical (unpaired) electrons. The predicted octanol–water partition coefficient (Wildman–Crippen LogP) is 6.59. The zero-order valence-electron chi connectivity index (χ0n) is 52.1. The molecule has 1 spiro atoms. The number of fused-ring (bicyclic) bond motifs is 3. The molecule has 23 heteroatoms. The highest BCUT2D eigenvalue weighted by molar-refractivity contribution is 7.89. The second-order valence-electron chi connectivity index (χ2n) is 24.1. The minimum atomic E-state index is -3.73. The molecule has 4 aromatic rings. The number of carbonyl (C=O) groups excluding carboxylic acids is 2. The number of allylic oxidation sites excluding steroid dienone is 2. The molecular weight excluding hydrogens is 1190 g/mol. The summed E-state index contributed by atoms with van der Waals surface area (Å²) < 4.78 is 97.3. The number of nitrogens with one attached hydrogen (secondary N) is 6. The van der Waals surface area contributed by atoms with Crippen LogP contribution in [0.3, 0.4) is 0 Å². The SMILES string of the molecule is O=C(NCCCCNC(=O)NCCOCCOCCOCCNS(=O)(=O)c1ccc(O[C@H]2c3ccccc3C[C@@H]2N2CCCCC2)cc1)NCCOCCOCCOCCNS(=O)(=O)c1ccc(C[C@H]2[C@H]3c4ccccc4CC4=C(N5CCCCC5)C[C@@]432)cc1. The van der Waals surface area contributed by atoms with Crippen molar-refractivity contribution in [2.24, 2.45) is 11.3 Å².